The van der Waals surface area contributed by atoms with E-state index in [1.165, 1.54) is 67.3 Å². The van der Waals surface area contributed by atoms with Crippen molar-refractivity contribution in [2.75, 3.05) is 19.6 Å². The fourth-order valence-electron chi connectivity index (χ4n) is 2.71. The van der Waals surface area contributed by atoms with E-state index in [1.807, 2.05) is 11.3 Å². The molecule has 1 aromatic rings. The van der Waals surface area contributed by atoms with Crippen molar-refractivity contribution in [1.29, 1.82) is 0 Å². The molecule has 2 nitrogen and oxygen atoms in total. The zero-order valence-corrected chi connectivity index (χ0v) is 13.7. The predicted octanol–water partition coefficient (Wildman–Crippen LogP) is 3.94. The highest BCUT2D eigenvalue weighted by Crippen LogP contribution is 2.22. The maximum Gasteiger partial charge on any atom is 0.0944 e. The van der Waals surface area contributed by atoms with E-state index >= 15 is 0 Å². The maximum atomic E-state index is 4.82. The summed E-state index contributed by atoms with van der Waals surface area (Å²) in [4.78, 5) is 8.83. The van der Waals surface area contributed by atoms with Gasteiger partial charge in [-0.1, -0.05) is 26.2 Å². The average molecular weight is 299 g/mol. The molecule has 1 aromatic heterocycles. The van der Waals surface area contributed by atoms with Gasteiger partial charge in [-0.25, -0.2) is 4.98 Å². The van der Waals surface area contributed by atoms with Crippen LogP contribution in [0.25, 0.3) is 0 Å². The van der Waals surface area contributed by atoms with Crippen molar-refractivity contribution in [2.45, 2.75) is 57.6 Å². The number of hydrogen-bond acceptors (Lipinski definition) is 4. The van der Waals surface area contributed by atoms with Gasteiger partial charge in [0, 0.05) is 23.6 Å². The van der Waals surface area contributed by atoms with E-state index in [0.717, 1.165) is 18.6 Å². The summed E-state index contributed by atoms with van der Waals surface area (Å²) in [6, 6.07) is 0. The molecule has 0 atom stereocenters. The van der Waals surface area contributed by atoms with Gasteiger partial charge in [0.15, 0.2) is 0 Å². The van der Waals surface area contributed by atoms with Gasteiger partial charge in [-0.15, -0.1) is 11.3 Å². The Kier molecular flexibility index (Phi) is 6.68. The van der Waals surface area contributed by atoms with Crippen LogP contribution in [0.3, 0.4) is 0 Å². The Bertz CT molecular complexity index is 368. The molecular formula is C15H26N2S2. The standard InChI is InChI=1S/C15H26N2S2/c1-2-7-13-14(12-18)19-15(16-13)8-11-17-9-5-3-4-6-10-17/h18H,2-12H2,1H3. The first-order valence-electron chi connectivity index (χ1n) is 7.64. The molecule has 2 heterocycles. The van der Waals surface area contributed by atoms with Crippen LogP contribution in [0.15, 0.2) is 0 Å². The fraction of sp³-hybridized carbons (Fsp3) is 0.800. The third-order valence-electron chi connectivity index (χ3n) is 3.79. The smallest absolute Gasteiger partial charge is 0.0944 e. The van der Waals surface area contributed by atoms with E-state index in [9.17, 15) is 0 Å². The molecule has 0 unspecified atom stereocenters. The van der Waals surface area contributed by atoms with Gasteiger partial charge in [0.25, 0.3) is 0 Å². The lowest BCUT2D eigenvalue weighted by Crippen LogP contribution is -2.26. The van der Waals surface area contributed by atoms with Crippen molar-refractivity contribution in [2.24, 2.45) is 0 Å². The lowest BCUT2D eigenvalue weighted by Gasteiger charge is -2.18. The minimum Gasteiger partial charge on any atom is -0.303 e. The van der Waals surface area contributed by atoms with Crippen LogP contribution in [0.2, 0.25) is 0 Å². The monoisotopic (exact) mass is 298 g/mol. The molecular weight excluding hydrogens is 272 g/mol. The second-order valence-electron chi connectivity index (χ2n) is 5.39. The second kappa shape index (κ2) is 8.28. The van der Waals surface area contributed by atoms with E-state index in [-0.39, 0.29) is 0 Å². The number of likely N-dealkylation sites (tertiary alicyclic amines) is 1. The van der Waals surface area contributed by atoms with Crippen LogP contribution < -0.4 is 0 Å². The first-order chi connectivity index (χ1) is 9.33. The van der Waals surface area contributed by atoms with Crippen molar-refractivity contribution >= 4 is 24.0 Å². The van der Waals surface area contributed by atoms with Crippen LogP contribution in [0.1, 0.15) is 54.6 Å². The van der Waals surface area contributed by atoms with E-state index < -0.39 is 0 Å². The molecule has 0 N–H and O–H groups in total. The topological polar surface area (TPSA) is 16.1 Å². The first kappa shape index (κ1) is 15.3. The van der Waals surface area contributed by atoms with Crippen molar-refractivity contribution in [1.82, 2.24) is 9.88 Å². The highest BCUT2D eigenvalue weighted by molar-refractivity contribution is 7.79. The Morgan fingerprint density at radius 3 is 2.53 bits per heavy atom. The largest absolute Gasteiger partial charge is 0.303 e. The Hall–Kier alpha value is -0.0600. The van der Waals surface area contributed by atoms with Gasteiger partial charge in [0.2, 0.25) is 0 Å². The van der Waals surface area contributed by atoms with Crippen LogP contribution in [0.5, 0.6) is 0 Å². The number of thiazole rings is 1. The van der Waals surface area contributed by atoms with E-state index in [1.54, 1.807) is 0 Å². The zero-order valence-electron chi connectivity index (χ0n) is 12.0. The Balaban J connectivity index is 1.87. The van der Waals surface area contributed by atoms with Crippen molar-refractivity contribution in [3.63, 3.8) is 0 Å². The minimum absolute atomic E-state index is 0.844. The summed E-state index contributed by atoms with van der Waals surface area (Å²) in [5.74, 6) is 0.844. The third kappa shape index (κ3) is 4.76. The SMILES string of the molecule is CCCc1nc(CCN2CCCCCC2)sc1CS. The zero-order chi connectivity index (χ0) is 13.5. The van der Waals surface area contributed by atoms with E-state index in [0.29, 0.717) is 0 Å². The number of hydrogen-bond donors (Lipinski definition) is 1. The van der Waals surface area contributed by atoms with Gasteiger partial charge in [0.1, 0.15) is 0 Å². The normalized spacial score (nSPS) is 17.6. The van der Waals surface area contributed by atoms with Crippen molar-refractivity contribution in [3.05, 3.63) is 15.6 Å². The van der Waals surface area contributed by atoms with Crippen LogP contribution >= 0.6 is 24.0 Å². The third-order valence-corrected chi connectivity index (χ3v) is 5.48. The van der Waals surface area contributed by atoms with Crippen LogP contribution in [0, 0.1) is 0 Å². The first-order valence-corrected chi connectivity index (χ1v) is 9.09. The summed E-state index contributed by atoms with van der Waals surface area (Å²) in [6.45, 7) is 5.98. The molecule has 0 aliphatic carbocycles. The van der Waals surface area contributed by atoms with Crippen molar-refractivity contribution < 1.29 is 0 Å². The summed E-state index contributed by atoms with van der Waals surface area (Å²) < 4.78 is 0. The number of rotatable bonds is 6. The lowest BCUT2D eigenvalue weighted by atomic mass is 10.2. The molecule has 1 aliphatic heterocycles. The summed E-state index contributed by atoms with van der Waals surface area (Å²) >= 11 is 6.31. The van der Waals surface area contributed by atoms with Gasteiger partial charge in [-0.2, -0.15) is 12.6 Å². The molecule has 0 bridgehead atoms. The van der Waals surface area contributed by atoms with Crippen LogP contribution in [-0.2, 0) is 18.6 Å². The molecule has 0 spiro atoms. The molecule has 0 radical (unpaired) electrons. The molecule has 1 fully saturated rings. The lowest BCUT2D eigenvalue weighted by molar-refractivity contribution is 0.288. The van der Waals surface area contributed by atoms with E-state index in [4.69, 9.17) is 4.98 Å². The highest BCUT2D eigenvalue weighted by Gasteiger charge is 2.12. The number of nitrogens with zero attached hydrogens (tertiary/aromatic N) is 2. The van der Waals surface area contributed by atoms with Crippen molar-refractivity contribution in [3.8, 4) is 0 Å². The number of aromatic nitrogens is 1. The Labute approximate surface area is 127 Å². The molecule has 108 valence electrons. The summed E-state index contributed by atoms with van der Waals surface area (Å²) in [5.41, 5.74) is 1.30. The molecule has 0 saturated carbocycles. The number of aryl methyl sites for hydroxylation is 1. The molecule has 0 amide bonds. The van der Waals surface area contributed by atoms with Gasteiger partial charge in [-0.05, 0) is 32.4 Å². The Morgan fingerprint density at radius 2 is 1.89 bits per heavy atom. The fourth-order valence-corrected chi connectivity index (χ4v) is 4.05. The van der Waals surface area contributed by atoms with Gasteiger partial charge < -0.3 is 4.90 Å². The molecule has 4 heteroatoms. The maximum absolute atomic E-state index is 4.82. The second-order valence-corrected chi connectivity index (χ2v) is 6.88. The van der Waals surface area contributed by atoms with Gasteiger partial charge in [-0.3, -0.25) is 0 Å². The molecule has 1 saturated heterocycles. The van der Waals surface area contributed by atoms with E-state index in [2.05, 4.69) is 24.5 Å². The highest BCUT2D eigenvalue weighted by atomic mass is 32.1. The van der Waals surface area contributed by atoms with Crippen LogP contribution in [0.4, 0.5) is 0 Å². The van der Waals surface area contributed by atoms with Gasteiger partial charge in [0.05, 0.1) is 10.7 Å². The Morgan fingerprint density at radius 1 is 1.16 bits per heavy atom. The minimum atomic E-state index is 0.844. The summed E-state index contributed by atoms with van der Waals surface area (Å²) in [7, 11) is 0. The van der Waals surface area contributed by atoms with Crippen LogP contribution in [-0.4, -0.2) is 29.5 Å². The molecule has 19 heavy (non-hydrogen) atoms. The summed E-state index contributed by atoms with van der Waals surface area (Å²) in [6.07, 6.45) is 8.99. The molecule has 0 aromatic carbocycles. The number of thiol groups is 1. The summed E-state index contributed by atoms with van der Waals surface area (Å²) in [5, 5.41) is 1.32. The van der Waals surface area contributed by atoms with Gasteiger partial charge >= 0.3 is 0 Å². The molecule has 2 rings (SSSR count). The average Bonchev–Trinajstić information content (AvgIpc) is 2.63. The predicted molar refractivity (Wildman–Crippen MR) is 87.4 cm³/mol. The quantitative estimate of drug-likeness (QED) is 0.801. The molecule has 1 aliphatic rings.